The van der Waals surface area contributed by atoms with Crippen LogP contribution in [-0.4, -0.2) is 27.8 Å². The van der Waals surface area contributed by atoms with Crippen LogP contribution in [0.15, 0.2) is 18.3 Å². The van der Waals surface area contributed by atoms with Gasteiger partial charge in [0.25, 0.3) is 0 Å². The van der Waals surface area contributed by atoms with Crippen LogP contribution in [-0.2, 0) is 11.2 Å². The summed E-state index contributed by atoms with van der Waals surface area (Å²) in [6.45, 7) is 3.84. The second-order valence-corrected chi connectivity index (χ2v) is 4.82. The lowest BCUT2D eigenvalue weighted by molar-refractivity contribution is 0.0543. The molecule has 0 aromatic carbocycles. The minimum atomic E-state index is 0.585. The molecule has 0 radical (unpaired) electrons. The molecule has 0 saturated carbocycles. The van der Waals surface area contributed by atoms with Crippen LogP contribution in [0.3, 0.4) is 0 Å². The van der Waals surface area contributed by atoms with Crippen LogP contribution in [0.5, 0.6) is 0 Å². The number of pyridine rings is 1. The molecule has 0 spiro atoms. The van der Waals surface area contributed by atoms with Crippen molar-refractivity contribution in [2.75, 3.05) is 13.2 Å². The van der Waals surface area contributed by atoms with Crippen molar-refractivity contribution in [2.45, 2.75) is 26.2 Å². The van der Waals surface area contributed by atoms with Crippen LogP contribution in [0, 0.1) is 12.8 Å². The average molecular weight is 231 g/mol. The predicted octanol–water partition coefficient (Wildman–Crippen LogP) is 2.01. The molecule has 1 atom stereocenters. The van der Waals surface area contributed by atoms with Gasteiger partial charge in [-0.3, -0.25) is 0 Å². The Hall–Kier alpha value is -1.42. The fraction of sp³-hybridized carbons (Fsp3) is 0.538. The summed E-state index contributed by atoms with van der Waals surface area (Å²) in [5, 5.41) is 4.50. The highest BCUT2D eigenvalue weighted by molar-refractivity contribution is 5.39. The number of hydrogen-bond acceptors (Lipinski definition) is 3. The number of aromatic nitrogens is 3. The molecule has 1 aliphatic rings. The molecule has 0 amide bonds. The van der Waals surface area contributed by atoms with E-state index in [9.17, 15) is 0 Å². The molecule has 0 bridgehead atoms. The Morgan fingerprint density at radius 2 is 2.47 bits per heavy atom. The Morgan fingerprint density at radius 1 is 1.53 bits per heavy atom. The maximum absolute atomic E-state index is 5.49. The van der Waals surface area contributed by atoms with Gasteiger partial charge in [0.15, 0.2) is 11.5 Å². The largest absolute Gasteiger partial charge is 0.381 e. The van der Waals surface area contributed by atoms with Crippen molar-refractivity contribution >= 4 is 5.65 Å². The van der Waals surface area contributed by atoms with E-state index in [1.165, 1.54) is 12.0 Å². The van der Waals surface area contributed by atoms with Gasteiger partial charge in [-0.05, 0) is 43.4 Å². The van der Waals surface area contributed by atoms with Crippen LogP contribution in [0.25, 0.3) is 5.65 Å². The van der Waals surface area contributed by atoms with Crippen molar-refractivity contribution in [1.29, 1.82) is 0 Å². The molecule has 90 valence electrons. The molecule has 3 rings (SSSR count). The van der Waals surface area contributed by atoms with E-state index in [1.54, 1.807) is 0 Å². The van der Waals surface area contributed by atoms with Gasteiger partial charge in [-0.25, -0.2) is 9.50 Å². The summed E-state index contributed by atoms with van der Waals surface area (Å²) in [5.41, 5.74) is 2.16. The zero-order chi connectivity index (χ0) is 11.7. The van der Waals surface area contributed by atoms with E-state index in [1.807, 2.05) is 10.7 Å². The molecule has 3 heterocycles. The summed E-state index contributed by atoms with van der Waals surface area (Å²) in [7, 11) is 0. The number of fused-ring (bicyclic) bond motifs is 1. The predicted molar refractivity (Wildman–Crippen MR) is 65.0 cm³/mol. The molecule has 1 unspecified atom stereocenters. The summed E-state index contributed by atoms with van der Waals surface area (Å²) in [6.07, 6.45) is 5.30. The molecular formula is C13H17N3O. The van der Waals surface area contributed by atoms with E-state index in [0.29, 0.717) is 5.92 Å². The highest BCUT2D eigenvalue weighted by Gasteiger charge is 2.16. The lowest BCUT2D eigenvalue weighted by Gasteiger charge is -2.20. The highest BCUT2D eigenvalue weighted by Crippen LogP contribution is 2.17. The van der Waals surface area contributed by atoms with Gasteiger partial charge < -0.3 is 4.74 Å². The molecule has 4 nitrogen and oxygen atoms in total. The second-order valence-electron chi connectivity index (χ2n) is 4.82. The minimum Gasteiger partial charge on any atom is -0.381 e. The first-order valence-electron chi connectivity index (χ1n) is 6.21. The Kier molecular flexibility index (Phi) is 2.81. The van der Waals surface area contributed by atoms with Crippen molar-refractivity contribution < 1.29 is 4.74 Å². The SMILES string of the molecule is Cc1ccn2nc(CC3CCCOC3)nc2c1. The van der Waals surface area contributed by atoms with E-state index >= 15 is 0 Å². The lowest BCUT2D eigenvalue weighted by Crippen LogP contribution is -2.19. The topological polar surface area (TPSA) is 39.4 Å². The van der Waals surface area contributed by atoms with Crippen LogP contribution < -0.4 is 0 Å². The second kappa shape index (κ2) is 4.45. The fourth-order valence-corrected chi connectivity index (χ4v) is 2.34. The first-order chi connectivity index (χ1) is 8.31. The van der Waals surface area contributed by atoms with Crippen LogP contribution in [0.1, 0.15) is 24.2 Å². The van der Waals surface area contributed by atoms with Gasteiger partial charge in [-0.2, -0.15) is 5.10 Å². The molecular weight excluding hydrogens is 214 g/mol. The first-order valence-corrected chi connectivity index (χ1v) is 6.21. The molecule has 2 aromatic rings. The van der Waals surface area contributed by atoms with Gasteiger partial charge in [0.1, 0.15) is 0 Å². The molecule has 2 aromatic heterocycles. The maximum Gasteiger partial charge on any atom is 0.155 e. The molecule has 17 heavy (non-hydrogen) atoms. The Bertz CT molecular complexity index is 514. The van der Waals surface area contributed by atoms with Crippen molar-refractivity contribution in [1.82, 2.24) is 14.6 Å². The molecule has 4 heteroatoms. The Morgan fingerprint density at radius 3 is 3.29 bits per heavy atom. The zero-order valence-corrected chi connectivity index (χ0v) is 10.1. The van der Waals surface area contributed by atoms with Crippen LogP contribution in [0.2, 0.25) is 0 Å². The monoisotopic (exact) mass is 231 g/mol. The van der Waals surface area contributed by atoms with Crippen molar-refractivity contribution in [2.24, 2.45) is 5.92 Å². The smallest absolute Gasteiger partial charge is 0.155 e. The zero-order valence-electron chi connectivity index (χ0n) is 10.1. The van der Waals surface area contributed by atoms with Gasteiger partial charge in [-0.15, -0.1) is 0 Å². The van der Waals surface area contributed by atoms with Gasteiger partial charge in [0.05, 0.1) is 0 Å². The highest BCUT2D eigenvalue weighted by atomic mass is 16.5. The van der Waals surface area contributed by atoms with E-state index in [0.717, 1.165) is 37.5 Å². The summed E-state index contributed by atoms with van der Waals surface area (Å²) < 4.78 is 7.34. The number of aryl methyl sites for hydroxylation is 1. The summed E-state index contributed by atoms with van der Waals surface area (Å²) in [5.74, 6) is 1.52. The lowest BCUT2D eigenvalue weighted by atomic mass is 9.98. The first kappa shape index (κ1) is 10.7. The Balaban J connectivity index is 1.80. The molecule has 1 saturated heterocycles. The number of nitrogens with zero attached hydrogens (tertiary/aromatic N) is 3. The van der Waals surface area contributed by atoms with Crippen LogP contribution in [0.4, 0.5) is 0 Å². The molecule has 1 fully saturated rings. The normalized spacial score (nSPS) is 20.9. The molecule has 0 N–H and O–H groups in total. The van der Waals surface area contributed by atoms with E-state index in [2.05, 4.69) is 29.1 Å². The van der Waals surface area contributed by atoms with Crippen molar-refractivity contribution in [3.8, 4) is 0 Å². The van der Waals surface area contributed by atoms with E-state index in [4.69, 9.17) is 4.74 Å². The fourth-order valence-electron chi connectivity index (χ4n) is 2.34. The van der Waals surface area contributed by atoms with Gasteiger partial charge in [0, 0.05) is 25.8 Å². The average Bonchev–Trinajstić information content (AvgIpc) is 2.71. The third-order valence-corrected chi connectivity index (χ3v) is 3.26. The van der Waals surface area contributed by atoms with Crippen molar-refractivity contribution in [3.63, 3.8) is 0 Å². The Labute approximate surface area is 101 Å². The van der Waals surface area contributed by atoms with Crippen molar-refractivity contribution in [3.05, 3.63) is 29.7 Å². The summed E-state index contributed by atoms with van der Waals surface area (Å²) in [4.78, 5) is 4.56. The summed E-state index contributed by atoms with van der Waals surface area (Å²) >= 11 is 0. The third kappa shape index (κ3) is 2.31. The maximum atomic E-state index is 5.49. The summed E-state index contributed by atoms with van der Waals surface area (Å²) in [6, 6.07) is 4.11. The molecule has 1 aliphatic heterocycles. The van der Waals surface area contributed by atoms with E-state index < -0.39 is 0 Å². The quantitative estimate of drug-likeness (QED) is 0.793. The van der Waals surface area contributed by atoms with Gasteiger partial charge in [0.2, 0.25) is 0 Å². The number of hydrogen-bond donors (Lipinski definition) is 0. The third-order valence-electron chi connectivity index (χ3n) is 3.26. The van der Waals surface area contributed by atoms with E-state index in [-0.39, 0.29) is 0 Å². The standard InChI is InChI=1S/C13H17N3O/c1-10-4-5-16-13(7-10)14-12(15-16)8-11-3-2-6-17-9-11/h4-5,7,11H,2-3,6,8-9H2,1H3. The number of rotatable bonds is 2. The molecule has 0 aliphatic carbocycles. The van der Waals surface area contributed by atoms with Gasteiger partial charge >= 0.3 is 0 Å². The van der Waals surface area contributed by atoms with Crippen LogP contribution >= 0.6 is 0 Å². The van der Waals surface area contributed by atoms with Gasteiger partial charge in [-0.1, -0.05) is 0 Å². The number of ether oxygens (including phenoxy) is 1. The minimum absolute atomic E-state index is 0.585.